The summed E-state index contributed by atoms with van der Waals surface area (Å²) in [6.45, 7) is 29.2. The van der Waals surface area contributed by atoms with Crippen molar-refractivity contribution < 1.29 is 28.5 Å². The molecule has 12 nitrogen and oxygen atoms in total. The van der Waals surface area contributed by atoms with Crippen LogP contribution in [0.2, 0.25) is 51.4 Å². The van der Waals surface area contributed by atoms with Crippen LogP contribution in [-0.4, -0.2) is 94.7 Å². The van der Waals surface area contributed by atoms with E-state index in [-0.39, 0.29) is 24.3 Å². The molecule has 0 bridgehead atoms. The highest BCUT2D eigenvalue weighted by molar-refractivity contribution is 6.76. The molecule has 0 saturated carbocycles. The molecular weight excluding hydrogens is 813 g/mol. The van der Waals surface area contributed by atoms with Gasteiger partial charge in [-0.25, -0.2) is 19.6 Å². The Kier molecular flexibility index (Phi) is 15.1. The van der Waals surface area contributed by atoms with E-state index in [2.05, 4.69) is 91.2 Å². The smallest absolute Gasteiger partial charge is 0.410 e. The number of benzene rings is 1. The van der Waals surface area contributed by atoms with Gasteiger partial charge in [0.1, 0.15) is 36.3 Å². The van der Waals surface area contributed by atoms with Crippen LogP contribution in [0.3, 0.4) is 0 Å². The molecule has 2 aliphatic heterocycles. The average molecular weight is 889 g/mol. The van der Waals surface area contributed by atoms with E-state index in [0.717, 1.165) is 92.2 Å². The van der Waals surface area contributed by atoms with Crippen molar-refractivity contribution in [1.82, 2.24) is 28.9 Å². The maximum Gasteiger partial charge on any atom is 0.410 e. The first-order valence-corrected chi connectivity index (χ1v) is 30.5. The Balaban J connectivity index is 1.18. The van der Waals surface area contributed by atoms with Gasteiger partial charge in [-0.3, -0.25) is 9.80 Å². The number of aromatic nitrogens is 4. The molecule has 342 valence electrons. The van der Waals surface area contributed by atoms with Crippen molar-refractivity contribution in [3.8, 4) is 11.3 Å². The summed E-state index contributed by atoms with van der Waals surface area (Å²) in [4.78, 5) is 40.8. The molecule has 3 aliphatic rings. The summed E-state index contributed by atoms with van der Waals surface area (Å²) in [6, 6.07) is 10.7. The lowest BCUT2D eigenvalue weighted by Crippen LogP contribution is -2.37. The predicted octanol–water partition coefficient (Wildman–Crippen LogP) is 11.9. The fourth-order valence-electron chi connectivity index (χ4n) is 8.42. The number of allylic oxidation sites excluding steroid dienone is 2. The number of imidazole rings is 2. The summed E-state index contributed by atoms with van der Waals surface area (Å²) in [6.07, 6.45) is 12.4. The van der Waals surface area contributed by atoms with Crippen LogP contribution in [0.15, 0.2) is 42.7 Å². The van der Waals surface area contributed by atoms with Crippen LogP contribution >= 0.6 is 0 Å². The highest BCUT2D eigenvalue weighted by atomic mass is 28.3. The molecule has 6 rings (SSSR count). The highest BCUT2D eigenvalue weighted by Gasteiger charge is 2.38. The van der Waals surface area contributed by atoms with Gasteiger partial charge in [0.2, 0.25) is 0 Å². The molecule has 62 heavy (non-hydrogen) atoms. The second-order valence-electron chi connectivity index (χ2n) is 22.1. The van der Waals surface area contributed by atoms with Gasteiger partial charge in [0, 0.05) is 60.4 Å². The Hall–Kier alpha value is -3.73. The number of nitrogens with zero attached hydrogens (tertiary/aromatic N) is 6. The third-order valence-corrected chi connectivity index (χ3v) is 15.3. The van der Waals surface area contributed by atoms with Gasteiger partial charge in [-0.15, -0.1) is 0 Å². The number of likely N-dealkylation sites (tertiary alicyclic amines) is 2. The van der Waals surface area contributed by atoms with Gasteiger partial charge in [0.25, 0.3) is 0 Å². The van der Waals surface area contributed by atoms with Gasteiger partial charge >= 0.3 is 12.2 Å². The fraction of sp³-hybridized carbons (Fsp3) is 0.667. The van der Waals surface area contributed by atoms with Crippen LogP contribution in [0.1, 0.15) is 127 Å². The normalized spacial score (nSPS) is 20.2. The molecule has 1 aliphatic carbocycles. The molecule has 3 atom stereocenters. The lowest BCUT2D eigenvalue weighted by molar-refractivity contribution is 0.0194. The summed E-state index contributed by atoms with van der Waals surface area (Å²) in [5.41, 5.74) is 4.32. The van der Waals surface area contributed by atoms with E-state index in [0.29, 0.717) is 39.1 Å². The predicted molar refractivity (Wildman–Crippen MR) is 252 cm³/mol. The van der Waals surface area contributed by atoms with Crippen LogP contribution in [0.4, 0.5) is 9.59 Å². The Labute approximate surface area is 373 Å². The van der Waals surface area contributed by atoms with Crippen LogP contribution in [0.25, 0.3) is 16.8 Å². The maximum atomic E-state index is 13.3. The summed E-state index contributed by atoms with van der Waals surface area (Å²) in [5.74, 6) is 2.12. The zero-order valence-electron chi connectivity index (χ0n) is 40.0. The zero-order chi connectivity index (χ0) is 45.0. The van der Waals surface area contributed by atoms with Crippen molar-refractivity contribution in [3.63, 3.8) is 0 Å². The van der Waals surface area contributed by atoms with E-state index in [1.807, 2.05) is 51.3 Å². The van der Waals surface area contributed by atoms with Crippen molar-refractivity contribution >= 4 is 33.9 Å². The molecule has 0 radical (unpaired) electrons. The van der Waals surface area contributed by atoms with Crippen LogP contribution in [-0.2, 0) is 32.4 Å². The summed E-state index contributed by atoms with van der Waals surface area (Å²) in [7, 11) is -2.49. The van der Waals surface area contributed by atoms with Gasteiger partial charge in [-0.2, -0.15) is 0 Å². The monoisotopic (exact) mass is 889 g/mol. The van der Waals surface area contributed by atoms with E-state index < -0.39 is 27.3 Å². The van der Waals surface area contributed by atoms with Gasteiger partial charge in [0.05, 0.1) is 23.5 Å². The topological polar surface area (TPSA) is 113 Å². The molecule has 14 heteroatoms. The number of amides is 2. The molecule has 0 spiro atoms. The molecule has 3 aromatic rings. The third kappa shape index (κ3) is 13.2. The van der Waals surface area contributed by atoms with E-state index in [1.54, 1.807) is 0 Å². The standard InChI is InChI=1S/C48H76N6O6Si2/c1-47(2,3)59-45(55)53-25-13-15-41(53)43-49-39(31-51(43)33-57-27-29-61(7,8)9)37-21-17-35(18-22-37)36-19-23-38(24-20-36)40-32-52(34-58-28-30-62(10,11)12)44(50-40)42-16-14-26-54(42)46(56)60-48(4,5)6/h17-18,21-23,31-32,36,41-42H,13-16,19-20,24-30,33-34H2,1-12H3/t36?,41-,42-/m0/s1. The number of ether oxygens (including phenoxy) is 4. The quantitative estimate of drug-likeness (QED) is 0.109. The van der Waals surface area contributed by atoms with Crippen LogP contribution in [0, 0.1) is 0 Å². The van der Waals surface area contributed by atoms with E-state index in [1.165, 1.54) is 11.1 Å². The number of carbonyl (C=O) groups excluding carboxylic acids is 2. The van der Waals surface area contributed by atoms with Crippen molar-refractivity contribution in [2.24, 2.45) is 0 Å². The first-order valence-electron chi connectivity index (χ1n) is 23.1. The molecule has 4 heterocycles. The number of carbonyl (C=O) groups is 2. The fourth-order valence-corrected chi connectivity index (χ4v) is 9.93. The lowest BCUT2D eigenvalue weighted by Gasteiger charge is -2.28. The van der Waals surface area contributed by atoms with E-state index in [9.17, 15) is 9.59 Å². The second kappa shape index (κ2) is 19.6. The van der Waals surface area contributed by atoms with Crippen LogP contribution < -0.4 is 0 Å². The van der Waals surface area contributed by atoms with Gasteiger partial charge in [-0.05, 0) is 116 Å². The number of hydrogen-bond acceptors (Lipinski definition) is 8. The molecule has 2 amide bonds. The summed E-state index contributed by atoms with van der Waals surface area (Å²) in [5, 5.41) is 0. The molecular formula is C48H76N6O6Si2. The van der Waals surface area contributed by atoms with E-state index in [4.69, 9.17) is 28.9 Å². The molecule has 0 N–H and O–H groups in total. The Morgan fingerprint density at radius 3 is 1.58 bits per heavy atom. The highest BCUT2D eigenvalue weighted by Crippen LogP contribution is 2.40. The van der Waals surface area contributed by atoms with Crippen molar-refractivity contribution in [1.29, 1.82) is 0 Å². The minimum atomic E-state index is -1.25. The Morgan fingerprint density at radius 1 is 0.677 bits per heavy atom. The number of hydrogen-bond donors (Lipinski definition) is 0. The second-order valence-corrected chi connectivity index (χ2v) is 33.3. The summed E-state index contributed by atoms with van der Waals surface area (Å²) >= 11 is 0. The average Bonchev–Trinajstić information content (AvgIpc) is 3.99. The first-order chi connectivity index (χ1) is 29.0. The van der Waals surface area contributed by atoms with Crippen LogP contribution in [0.5, 0.6) is 0 Å². The van der Waals surface area contributed by atoms with Crippen molar-refractivity contribution in [3.05, 3.63) is 65.6 Å². The zero-order valence-corrected chi connectivity index (χ0v) is 42.0. The molecule has 2 saturated heterocycles. The Morgan fingerprint density at radius 2 is 1.15 bits per heavy atom. The van der Waals surface area contributed by atoms with E-state index >= 15 is 0 Å². The number of rotatable bonds is 15. The third-order valence-electron chi connectivity index (χ3n) is 11.8. The molecule has 1 aromatic carbocycles. The molecule has 2 aromatic heterocycles. The first kappa shape index (κ1) is 47.7. The minimum absolute atomic E-state index is 0.151. The molecule has 1 unspecified atom stereocenters. The SMILES string of the molecule is CC(C)(C)OC(=O)N1CCC[C@H]1c1nc(C2=CCC(c3ccc(-c4cn(COCC[Si](C)(C)C)c([C@@H]5CCCN5C(=O)OC(C)(C)C)n4)cc3)CC2)cn1COCC[Si](C)(C)C. The minimum Gasteiger partial charge on any atom is -0.444 e. The maximum absolute atomic E-state index is 13.3. The van der Waals surface area contributed by atoms with Crippen molar-refractivity contribution in [2.45, 2.75) is 181 Å². The Bertz CT molecular complexity index is 2020. The van der Waals surface area contributed by atoms with Gasteiger partial charge in [0.15, 0.2) is 0 Å². The van der Waals surface area contributed by atoms with Gasteiger partial charge in [-0.1, -0.05) is 69.6 Å². The van der Waals surface area contributed by atoms with Gasteiger partial charge < -0.3 is 28.1 Å². The summed E-state index contributed by atoms with van der Waals surface area (Å²) < 4.78 is 28.4. The largest absolute Gasteiger partial charge is 0.444 e. The van der Waals surface area contributed by atoms with Crippen molar-refractivity contribution in [2.75, 3.05) is 26.3 Å². The molecule has 2 fully saturated rings. The lowest BCUT2D eigenvalue weighted by atomic mass is 9.83.